The van der Waals surface area contributed by atoms with Crippen LogP contribution in [-0.2, 0) is 12.8 Å². The van der Waals surface area contributed by atoms with Crippen LogP contribution in [0.1, 0.15) is 37.4 Å². The molecule has 4 aromatic rings. The van der Waals surface area contributed by atoms with Gasteiger partial charge in [0.1, 0.15) is 17.2 Å². The van der Waals surface area contributed by atoms with Gasteiger partial charge in [0.25, 0.3) is 0 Å². The van der Waals surface area contributed by atoms with Crippen LogP contribution in [0.15, 0.2) is 52.9 Å². The maximum atomic E-state index is 6.24. The molecule has 0 saturated heterocycles. The van der Waals surface area contributed by atoms with Crippen LogP contribution in [0.5, 0.6) is 11.5 Å². The van der Waals surface area contributed by atoms with Crippen LogP contribution in [0.4, 0.5) is 0 Å². The number of unbranched alkanes of at least 4 members (excludes halogenated alkanes) is 3. The third-order valence-electron chi connectivity index (χ3n) is 5.32. The molecule has 0 bridgehead atoms. The lowest BCUT2D eigenvalue weighted by molar-refractivity contribution is 0.414. The minimum absolute atomic E-state index is 0.750. The normalized spacial score (nSPS) is 10.9. The van der Waals surface area contributed by atoms with Gasteiger partial charge in [-0.3, -0.25) is 0 Å². The van der Waals surface area contributed by atoms with Gasteiger partial charge >= 0.3 is 0 Å². The zero-order valence-corrected chi connectivity index (χ0v) is 18.4. The minimum Gasteiger partial charge on any atom is -0.497 e. The van der Waals surface area contributed by atoms with E-state index in [2.05, 4.69) is 20.6 Å². The standard InChI is InChI=1S/C24H27N5O3/c1-30-19-13-9-17(10-14-19)23-24(18-11-15-20(31-2)16-12-18)32-22(25-23)8-6-4-3-5-7-21-26-28-29-27-21/h9-16H,3-8H2,1-2H3,(H,26,27,28,29). The molecular formula is C24H27N5O3. The average Bonchev–Trinajstić information content (AvgIpc) is 3.52. The van der Waals surface area contributed by atoms with Crippen molar-refractivity contribution >= 4 is 0 Å². The zero-order chi connectivity index (χ0) is 22.2. The highest BCUT2D eigenvalue weighted by Crippen LogP contribution is 2.34. The molecule has 8 heteroatoms. The van der Waals surface area contributed by atoms with Gasteiger partial charge < -0.3 is 13.9 Å². The molecule has 0 amide bonds. The van der Waals surface area contributed by atoms with Gasteiger partial charge in [0, 0.05) is 24.0 Å². The molecule has 8 nitrogen and oxygen atoms in total. The third-order valence-corrected chi connectivity index (χ3v) is 5.32. The van der Waals surface area contributed by atoms with Crippen LogP contribution in [0.2, 0.25) is 0 Å². The van der Waals surface area contributed by atoms with Crippen molar-refractivity contribution in [2.75, 3.05) is 14.2 Å². The van der Waals surface area contributed by atoms with E-state index in [0.717, 1.165) is 84.3 Å². The summed E-state index contributed by atoms with van der Waals surface area (Å²) in [4.78, 5) is 4.84. The number of rotatable bonds is 11. The molecule has 4 rings (SSSR count). The molecular weight excluding hydrogens is 406 g/mol. The Morgan fingerprint density at radius 3 is 2.00 bits per heavy atom. The molecule has 0 spiro atoms. The number of ether oxygens (including phenoxy) is 2. The molecule has 0 unspecified atom stereocenters. The first-order chi connectivity index (χ1) is 15.8. The van der Waals surface area contributed by atoms with Gasteiger partial charge in [0.05, 0.1) is 14.2 Å². The SMILES string of the molecule is COc1ccc(-c2nc(CCCCCCc3nn[nH]n3)oc2-c2ccc(OC)cc2)cc1. The van der Waals surface area contributed by atoms with E-state index < -0.39 is 0 Å². The van der Waals surface area contributed by atoms with E-state index in [-0.39, 0.29) is 0 Å². The highest BCUT2D eigenvalue weighted by atomic mass is 16.5. The second kappa shape index (κ2) is 10.6. The number of aryl methyl sites for hydroxylation is 2. The molecule has 1 N–H and O–H groups in total. The van der Waals surface area contributed by atoms with Crippen molar-refractivity contribution in [3.63, 3.8) is 0 Å². The smallest absolute Gasteiger partial charge is 0.195 e. The summed E-state index contributed by atoms with van der Waals surface area (Å²) in [6.07, 6.45) is 5.89. The zero-order valence-electron chi connectivity index (χ0n) is 18.4. The van der Waals surface area contributed by atoms with E-state index in [4.69, 9.17) is 18.9 Å². The summed E-state index contributed by atoms with van der Waals surface area (Å²) in [5, 5.41) is 14.0. The van der Waals surface area contributed by atoms with E-state index >= 15 is 0 Å². The molecule has 166 valence electrons. The Balaban J connectivity index is 1.45. The molecule has 0 atom stereocenters. The summed E-state index contributed by atoms with van der Waals surface area (Å²) in [5.74, 6) is 3.90. The Hall–Kier alpha value is -3.68. The van der Waals surface area contributed by atoms with Gasteiger partial charge in [0.2, 0.25) is 0 Å². The van der Waals surface area contributed by atoms with Crippen LogP contribution >= 0.6 is 0 Å². The number of hydrogen-bond donors (Lipinski definition) is 1. The second-order valence-electron chi connectivity index (χ2n) is 7.48. The first kappa shape index (κ1) is 21.5. The van der Waals surface area contributed by atoms with Gasteiger partial charge in [-0.05, 0) is 61.4 Å². The molecule has 0 aliphatic carbocycles. The Kier molecular flexibility index (Phi) is 7.12. The third kappa shape index (κ3) is 5.32. The van der Waals surface area contributed by atoms with Crippen molar-refractivity contribution in [2.24, 2.45) is 0 Å². The van der Waals surface area contributed by atoms with Crippen LogP contribution in [0.3, 0.4) is 0 Å². The quantitative estimate of drug-likeness (QED) is 0.336. The van der Waals surface area contributed by atoms with Gasteiger partial charge in [0.15, 0.2) is 17.5 Å². The number of nitrogens with zero attached hydrogens (tertiary/aromatic N) is 4. The lowest BCUT2D eigenvalue weighted by atomic mass is 10.1. The maximum absolute atomic E-state index is 6.24. The van der Waals surface area contributed by atoms with Gasteiger partial charge in [-0.1, -0.05) is 18.1 Å². The molecule has 0 fully saturated rings. The van der Waals surface area contributed by atoms with E-state index in [1.807, 2.05) is 48.5 Å². The fourth-order valence-electron chi connectivity index (χ4n) is 3.56. The van der Waals surface area contributed by atoms with Gasteiger partial charge in [-0.15, -0.1) is 10.2 Å². The number of nitrogens with one attached hydrogen (secondary N) is 1. The highest BCUT2D eigenvalue weighted by molar-refractivity contribution is 5.77. The minimum atomic E-state index is 0.750. The van der Waals surface area contributed by atoms with Crippen molar-refractivity contribution in [3.05, 3.63) is 60.2 Å². The maximum Gasteiger partial charge on any atom is 0.195 e. The predicted octanol–water partition coefficient (Wildman–Crippen LogP) is 4.88. The summed E-state index contributed by atoms with van der Waals surface area (Å²) in [7, 11) is 3.32. The lowest BCUT2D eigenvalue weighted by Gasteiger charge is -2.04. The summed E-state index contributed by atoms with van der Waals surface area (Å²) in [5.41, 5.74) is 2.80. The van der Waals surface area contributed by atoms with Crippen molar-refractivity contribution in [1.29, 1.82) is 0 Å². The number of aromatic amines is 1. The number of H-pyrrole nitrogens is 1. The van der Waals surface area contributed by atoms with E-state index in [0.29, 0.717) is 0 Å². The summed E-state index contributed by atoms with van der Waals surface area (Å²) < 4.78 is 16.8. The largest absolute Gasteiger partial charge is 0.497 e. The fraction of sp³-hybridized carbons (Fsp3) is 0.333. The van der Waals surface area contributed by atoms with Crippen LogP contribution < -0.4 is 9.47 Å². The summed E-state index contributed by atoms with van der Waals surface area (Å²) in [6, 6.07) is 15.7. The molecule has 0 aliphatic rings. The topological polar surface area (TPSA) is 99.0 Å². The van der Waals surface area contributed by atoms with Crippen molar-refractivity contribution < 1.29 is 13.9 Å². The molecule has 32 heavy (non-hydrogen) atoms. The van der Waals surface area contributed by atoms with Gasteiger partial charge in [-0.25, -0.2) is 4.98 Å². The molecule has 2 heterocycles. The van der Waals surface area contributed by atoms with E-state index in [1.165, 1.54) is 0 Å². The number of methoxy groups -OCH3 is 2. The van der Waals surface area contributed by atoms with Crippen molar-refractivity contribution in [3.8, 4) is 34.1 Å². The molecule has 2 aromatic carbocycles. The predicted molar refractivity (Wildman–Crippen MR) is 121 cm³/mol. The average molecular weight is 434 g/mol. The van der Waals surface area contributed by atoms with Crippen LogP contribution in [0, 0.1) is 0 Å². The summed E-state index contributed by atoms with van der Waals surface area (Å²) >= 11 is 0. The highest BCUT2D eigenvalue weighted by Gasteiger charge is 2.17. The molecule has 0 saturated carbocycles. The monoisotopic (exact) mass is 433 g/mol. The van der Waals surface area contributed by atoms with Gasteiger partial charge in [-0.2, -0.15) is 5.21 Å². The fourth-order valence-corrected chi connectivity index (χ4v) is 3.56. The first-order valence-corrected chi connectivity index (χ1v) is 10.8. The molecule has 0 aliphatic heterocycles. The molecule has 0 radical (unpaired) electrons. The van der Waals surface area contributed by atoms with Crippen LogP contribution in [-0.4, -0.2) is 39.8 Å². The Morgan fingerprint density at radius 1 is 0.781 bits per heavy atom. The lowest BCUT2D eigenvalue weighted by Crippen LogP contribution is -1.91. The number of hydrogen-bond acceptors (Lipinski definition) is 7. The van der Waals surface area contributed by atoms with Crippen LogP contribution in [0.25, 0.3) is 22.6 Å². The summed E-state index contributed by atoms with van der Waals surface area (Å²) in [6.45, 7) is 0. The number of oxazole rings is 1. The van der Waals surface area contributed by atoms with Crippen molar-refractivity contribution in [1.82, 2.24) is 25.6 Å². The van der Waals surface area contributed by atoms with Crippen molar-refractivity contribution in [2.45, 2.75) is 38.5 Å². The number of tetrazole rings is 1. The first-order valence-electron chi connectivity index (χ1n) is 10.8. The number of aromatic nitrogens is 5. The number of benzene rings is 2. The molecule has 2 aromatic heterocycles. The Morgan fingerprint density at radius 2 is 1.41 bits per heavy atom. The Labute approximate surface area is 187 Å². The second-order valence-corrected chi connectivity index (χ2v) is 7.48. The Bertz CT molecular complexity index is 1020. The van der Waals surface area contributed by atoms with E-state index in [1.54, 1.807) is 14.2 Å². The van der Waals surface area contributed by atoms with E-state index in [9.17, 15) is 0 Å².